The molecule has 0 radical (unpaired) electrons. The first-order valence-electron chi connectivity index (χ1n) is 8.00. The topological polar surface area (TPSA) is 60.4 Å². The molecule has 4 heteroatoms. The highest BCUT2D eigenvalue weighted by Crippen LogP contribution is 2.45. The van der Waals surface area contributed by atoms with Crippen molar-refractivity contribution in [2.45, 2.75) is 39.0 Å². The van der Waals surface area contributed by atoms with Crippen molar-refractivity contribution in [2.75, 3.05) is 6.61 Å². The molecule has 0 saturated heterocycles. The minimum absolute atomic E-state index is 0.0487. The normalized spacial score (nSPS) is 25.0. The molecular formula is C19H18O4. The first kappa shape index (κ1) is 14.4. The molecule has 1 atom stereocenters. The minimum Gasteiger partial charge on any atom is -0.492 e. The summed E-state index contributed by atoms with van der Waals surface area (Å²) < 4.78 is 5.69. The lowest BCUT2D eigenvalue weighted by Gasteiger charge is -2.34. The average molecular weight is 310 g/mol. The zero-order valence-electron chi connectivity index (χ0n) is 13.5. The molecule has 23 heavy (non-hydrogen) atoms. The highest BCUT2D eigenvalue weighted by atomic mass is 16.5. The summed E-state index contributed by atoms with van der Waals surface area (Å²) in [6.07, 6.45) is 1.16. The fraction of sp³-hybridized carbons (Fsp3) is 0.421. The quantitative estimate of drug-likeness (QED) is 0.691. The molecule has 0 fully saturated rings. The van der Waals surface area contributed by atoms with Crippen LogP contribution >= 0.6 is 0 Å². The molecule has 4 nitrogen and oxygen atoms in total. The van der Waals surface area contributed by atoms with Gasteiger partial charge in [0.05, 0.1) is 12.2 Å². The molecule has 4 rings (SSSR count). The smallest absolute Gasteiger partial charge is 0.234 e. The molecule has 0 amide bonds. The van der Waals surface area contributed by atoms with Crippen LogP contribution in [0.3, 0.4) is 0 Å². The van der Waals surface area contributed by atoms with Crippen LogP contribution in [0.15, 0.2) is 17.7 Å². The summed E-state index contributed by atoms with van der Waals surface area (Å²) >= 11 is 0. The van der Waals surface area contributed by atoms with E-state index in [4.69, 9.17) is 4.74 Å². The van der Waals surface area contributed by atoms with Crippen LogP contribution in [-0.2, 0) is 14.9 Å². The lowest BCUT2D eigenvalue weighted by molar-refractivity contribution is -0.112. The van der Waals surface area contributed by atoms with Gasteiger partial charge in [0.2, 0.25) is 11.6 Å². The van der Waals surface area contributed by atoms with Crippen LogP contribution in [0.1, 0.15) is 65.5 Å². The minimum atomic E-state index is -0.556. The van der Waals surface area contributed by atoms with Gasteiger partial charge in [0.1, 0.15) is 5.76 Å². The predicted molar refractivity (Wildman–Crippen MR) is 84.4 cm³/mol. The molecule has 2 aliphatic carbocycles. The van der Waals surface area contributed by atoms with Gasteiger partial charge in [-0.1, -0.05) is 32.9 Å². The molecule has 0 aromatic heterocycles. The van der Waals surface area contributed by atoms with E-state index in [0.29, 0.717) is 35.5 Å². The number of hydrogen-bond acceptors (Lipinski definition) is 4. The Morgan fingerprint density at radius 2 is 1.83 bits per heavy atom. The molecular weight excluding hydrogens is 292 g/mol. The highest BCUT2D eigenvalue weighted by Gasteiger charge is 2.44. The van der Waals surface area contributed by atoms with Crippen molar-refractivity contribution in [2.24, 2.45) is 5.92 Å². The summed E-state index contributed by atoms with van der Waals surface area (Å²) in [4.78, 5) is 37.8. The third kappa shape index (κ3) is 1.75. The third-order valence-electron chi connectivity index (χ3n) is 5.33. The molecule has 0 unspecified atom stereocenters. The van der Waals surface area contributed by atoms with Crippen LogP contribution in [0.25, 0.3) is 5.76 Å². The van der Waals surface area contributed by atoms with Crippen LogP contribution in [0.5, 0.6) is 0 Å². The summed E-state index contributed by atoms with van der Waals surface area (Å²) in [5.74, 6) is -0.706. The number of rotatable bonds is 0. The van der Waals surface area contributed by atoms with Crippen molar-refractivity contribution < 1.29 is 19.1 Å². The van der Waals surface area contributed by atoms with Crippen molar-refractivity contribution in [1.82, 2.24) is 0 Å². The van der Waals surface area contributed by atoms with Crippen molar-refractivity contribution in [1.29, 1.82) is 0 Å². The first-order chi connectivity index (χ1) is 10.8. The largest absolute Gasteiger partial charge is 0.492 e. The van der Waals surface area contributed by atoms with Crippen LogP contribution in [0.4, 0.5) is 0 Å². The Labute approximate surface area is 134 Å². The van der Waals surface area contributed by atoms with Crippen molar-refractivity contribution in [3.63, 3.8) is 0 Å². The molecule has 0 N–H and O–H groups in total. The molecule has 3 aliphatic rings. The van der Waals surface area contributed by atoms with E-state index in [-0.39, 0.29) is 22.7 Å². The molecule has 118 valence electrons. The molecule has 0 bridgehead atoms. The Morgan fingerprint density at radius 3 is 2.57 bits per heavy atom. The molecule has 1 heterocycles. The van der Waals surface area contributed by atoms with Crippen LogP contribution in [0, 0.1) is 5.92 Å². The Bertz CT molecular complexity index is 826. The number of hydrogen-bond donors (Lipinski definition) is 0. The van der Waals surface area contributed by atoms with Crippen molar-refractivity contribution >= 4 is 23.1 Å². The van der Waals surface area contributed by atoms with Gasteiger partial charge in [-0.2, -0.15) is 0 Å². The number of benzene rings is 1. The van der Waals surface area contributed by atoms with E-state index in [2.05, 4.69) is 13.8 Å². The summed E-state index contributed by atoms with van der Waals surface area (Å²) in [5, 5.41) is 0. The summed E-state index contributed by atoms with van der Waals surface area (Å²) in [6, 6.07) is 3.76. The number of carbonyl (C=O) groups excluding carboxylic acids is 3. The summed E-state index contributed by atoms with van der Waals surface area (Å²) in [6.45, 7) is 6.42. The van der Waals surface area contributed by atoms with Crippen molar-refractivity contribution in [3.05, 3.63) is 40.0 Å². The second-order valence-corrected chi connectivity index (χ2v) is 7.33. The highest BCUT2D eigenvalue weighted by molar-refractivity contribution is 6.53. The van der Waals surface area contributed by atoms with E-state index < -0.39 is 11.6 Å². The second-order valence-electron chi connectivity index (χ2n) is 7.33. The van der Waals surface area contributed by atoms with Crippen LogP contribution in [0.2, 0.25) is 0 Å². The van der Waals surface area contributed by atoms with Gasteiger partial charge in [0.25, 0.3) is 0 Å². The average Bonchev–Trinajstić information content (AvgIpc) is 2.90. The monoisotopic (exact) mass is 310 g/mol. The maximum absolute atomic E-state index is 12.7. The predicted octanol–water partition coefficient (Wildman–Crippen LogP) is 3.08. The molecule has 1 aromatic carbocycles. The van der Waals surface area contributed by atoms with Gasteiger partial charge < -0.3 is 4.74 Å². The van der Waals surface area contributed by atoms with Crippen molar-refractivity contribution in [3.8, 4) is 0 Å². The maximum Gasteiger partial charge on any atom is 0.234 e. The molecule has 1 aromatic rings. The van der Waals surface area contributed by atoms with Gasteiger partial charge in [0.15, 0.2) is 5.78 Å². The zero-order valence-corrected chi connectivity index (χ0v) is 13.5. The summed E-state index contributed by atoms with van der Waals surface area (Å²) in [5.41, 5.74) is 2.46. The number of fused-ring (bicyclic) bond motifs is 4. The third-order valence-corrected chi connectivity index (χ3v) is 5.33. The molecule has 0 saturated carbocycles. The fourth-order valence-electron chi connectivity index (χ4n) is 3.95. The van der Waals surface area contributed by atoms with E-state index >= 15 is 0 Å². The van der Waals surface area contributed by atoms with Crippen LogP contribution < -0.4 is 0 Å². The van der Waals surface area contributed by atoms with Gasteiger partial charge in [-0.15, -0.1) is 0 Å². The van der Waals surface area contributed by atoms with Gasteiger partial charge in [-0.25, -0.2) is 0 Å². The van der Waals surface area contributed by atoms with Gasteiger partial charge in [-0.05, 0) is 17.4 Å². The summed E-state index contributed by atoms with van der Waals surface area (Å²) in [7, 11) is 0. The van der Waals surface area contributed by atoms with Gasteiger partial charge in [0, 0.05) is 29.0 Å². The standard InChI is InChI=1S/C19H18O4/c1-9-8-23-18-10-4-5-11-15(12(20)6-7-19(11,2)3)14(10)17(22)16(21)13(9)18/h4-5,9H,6-8H2,1-3H3/t9-/m1/s1. The zero-order chi connectivity index (χ0) is 16.5. The van der Waals surface area contributed by atoms with Gasteiger partial charge in [-0.3, -0.25) is 14.4 Å². The van der Waals surface area contributed by atoms with Crippen LogP contribution in [-0.4, -0.2) is 24.0 Å². The Morgan fingerprint density at radius 1 is 1.09 bits per heavy atom. The lowest BCUT2D eigenvalue weighted by Crippen LogP contribution is -2.33. The number of Topliss-reactive ketones (excluding diaryl/α,β-unsaturated/α-hetero) is 3. The number of carbonyl (C=O) groups is 3. The fourth-order valence-corrected chi connectivity index (χ4v) is 3.95. The van der Waals surface area contributed by atoms with E-state index in [1.807, 2.05) is 19.1 Å². The Balaban J connectivity index is 2.07. The number of ether oxygens (including phenoxy) is 1. The van der Waals surface area contributed by atoms with E-state index in [1.54, 1.807) is 0 Å². The van der Waals surface area contributed by atoms with E-state index in [0.717, 1.165) is 12.0 Å². The molecule has 0 spiro atoms. The lowest BCUT2D eigenvalue weighted by atomic mass is 9.68. The first-order valence-corrected chi connectivity index (χ1v) is 8.00. The second kappa shape index (κ2) is 4.40. The maximum atomic E-state index is 12.7. The van der Waals surface area contributed by atoms with E-state index in [1.165, 1.54) is 0 Å². The molecule has 1 aliphatic heterocycles. The number of ketones is 3. The van der Waals surface area contributed by atoms with Gasteiger partial charge >= 0.3 is 0 Å². The SMILES string of the molecule is C[C@@H]1COC2=C1C(=O)C(=O)c1c2ccc2c1C(=O)CCC2(C)C. The Kier molecular flexibility index (Phi) is 2.75. The Hall–Kier alpha value is -2.23. The van der Waals surface area contributed by atoms with E-state index in [9.17, 15) is 14.4 Å².